The van der Waals surface area contributed by atoms with Gasteiger partial charge in [0.05, 0.1) is 6.20 Å². The van der Waals surface area contributed by atoms with Crippen LogP contribution in [0.4, 0.5) is 5.82 Å². The first-order valence-corrected chi connectivity index (χ1v) is 6.12. The molecule has 0 radical (unpaired) electrons. The van der Waals surface area contributed by atoms with Crippen LogP contribution in [0.25, 0.3) is 10.8 Å². The maximum Gasteiger partial charge on any atom is 0.156 e. The zero-order chi connectivity index (χ0) is 13.2. The first-order valence-electron chi connectivity index (χ1n) is 6.12. The highest BCUT2D eigenvalue weighted by atomic mass is 15.2. The first-order chi connectivity index (χ1) is 8.50. The highest BCUT2D eigenvalue weighted by Gasteiger charge is 2.20. The van der Waals surface area contributed by atoms with E-state index in [1.54, 1.807) is 6.20 Å². The van der Waals surface area contributed by atoms with E-state index in [2.05, 4.69) is 54.4 Å². The molecule has 4 nitrogen and oxygen atoms in total. The molecule has 96 valence electrons. The van der Waals surface area contributed by atoms with Gasteiger partial charge in [-0.2, -0.15) is 5.10 Å². The minimum atomic E-state index is 0.0681. The van der Waals surface area contributed by atoms with Crippen LogP contribution in [0.2, 0.25) is 0 Å². The van der Waals surface area contributed by atoms with Crippen LogP contribution in [0.5, 0.6) is 0 Å². The fraction of sp³-hybridized carbons (Fsp3) is 0.429. The van der Waals surface area contributed by atoms with Crippen molar-refractivity contribution < 1.29 is 0 Å². The van der Waals surface area contributed by atoms with Crippen molar-refractivity contribution >= 4 is 16.6 Å². The van der Waals surface area contributed by atoms with Gasteiger partial charge in [0.15, 0.2) is 5.82 Å². The van der Waals surface area contributed by atoms with Gasteiger partial charge in [0, 0.05) is 22.9 Å². The molecule has 0 saturated heterocycles. The molecule has 2 rings (SSSR count). The molecule has 2 aromatic rings. The zero-order valence-electron chi connectivity index (χ0n) is 11.4. The number of nitrogens with one attached hydrogen (secondary N) is 1. The van der Waals surface area contributed by atoms with Crippen LogP contribution in [0.3, 0.4) is 0 Å². The molecule has 0 spiro atoms. The number of hydrogen-bond donors (Lipinski definition) is 1. The number of nitrogens with zero attached hydrogens (tertiary/aromatic N) is 3. The molecule has 0 saturated carbocycles. The average molecular weight is 244 g/mol. The second-order valence-electron chi connectivity index (χ2n) is 5.34. The SMILES string of the molecule is CN(C)C(C)(C)CNc1nncc2ccccc12. The molecule has 0 amide bonds. The van der Waals surface area contributed by atoms with Crippen molar-refractivity contribution in [1.82, 2.24) is 15.1 Å². The van der Waals surface area contributed by atoms with Gasteiger partial charge in [-0.05, 0) is 27.9 Å². The summed E-state index contributed by atoms with van der Waals surface area (Å²) in [5.41, 5.74) is 0.0681. The minimum absolute atomic E-state index is 0.0681. The molecule has 1 aromatic heterocycles. The van der Waals surface area contributed by atoms with Gasteiger partial charge in [-0.1, -0.05) is 24.3 Å². The predicted molar refractivity (Wildman–Crippen MR) is 75.8 cm³/mol. The molecule has 1 aromatic carbocycles. The molecule has 4 heteroatoms. The summed E-state index contributed by atoms with van der Waals surface area (Å²) in [6, 6.07) is 8.14. The Bertz CT molecular complexity index is 529. The highest BCUT2D eigenvalue weighted by molar-refractivity contribution is 5.90. The van der Waals surface area contributed by atoms with E-state index in [4.69, 9.17) is 0 Å². The predicted octanol–water partition coefficient (Wildman–Crippen LogP) is 2.38. The fourth-order valence-electron chi connectivity index (χ4n) is 1.62. The smallest absolute Gasteiger partial charge is 0.156 e. The topological polar surface area (TPSA) is 41.0 Å². The van der Waals surface area contributed by atoms with Gasteiger partial charge >= 0.3 is 0 Å². The van der Waals surface area contributed by atoms with E-state index < -0.39 is 0 Å². The molecule has 0 unspecified atom stereocenters. The van der Waals surface area contributed by atoms with Crippen LogP contribution < -0.4 is 5.32 Å². The Morgan fingerprint density at radius 3 is 2.67 bits per heavy atom. The Balaban J connectivity index is 2.22. The van der Waals surface area contributed by atoms with Gasteiger partial charge in [0.1, 0.15) is 0 Å². The Labute approximate surface area is 108 Å². The number of aromatic nitrogens is 2. The number of benzene rings is 1. The zero-order valence-corrected chi connectivity index (χ0v) is 11.4. The number of anilines is 1. The van der Waals surface area contributed by atoms with Gasteiger partial charge < -0.3 is 10.2 Å². The van der Waals surface area contributed by atoms with Crippen molar-refractivity contribution in [2.24, 2.45) is 0 Å². The number of rotatable bonds is 4. The summed E-state index contributed by atoms with van der Waals surface area (Å²) in [5.74, 6) is 0.850. The maximum atomic E-state index is 4.19. The molecule has 0 aliphatic rings. The third-order valence-electron chi connectivity index (χ3n) is 3.47. The van der Waals surface area contributed by atoms with Gasteiger partial charge in [-0.25, -0.2) is 0 Å². The minimum Gasteiger partial charge on any atom is -0.366 e. The van der Waals surface area contributed by atoms with E-state index in [9.17, 15) is 0 Å². The van der Waals surface area contributed by atoms with E-state index >= 15 is 0 Å². The molecule has 1 N–H and O–H groups in total. The molecule has 0 bridgehead atoms. The summed E-state index contributed by atoms with van der Waals surface area (Å²) in [6.45, 7) is 5.21. The van der Waals surface area contributed by atoms with Gasteiger partial charge in [-0.3, -0.25) is 0 Å². The normalized spacial score (nSPS) is 12.1. The number of hydrogen-bond acceptors (Lipinski definition) is 4. The Hall–Kier alpha value is -1.68. The van der Waals surface area contributed by atoms with Crippen LogP contribution in [-0.4, -0.2) is 41.3 Å². The monoisotopic (exact) mass is 244 g/mol. The molecule has 0 atom stereocenters. The second-order valence-corrected chi connectivity index (χ2v) is 5.34. The maximum absolute atomic E-state index is 4.19. The molecular formula is C14H20N4. The second kappa shape index (κ2) is 4.90. The summed E-state index contributed by atoms with van der Waals surface area (Å²) >= 11 is 0. The lowest BCUT2D eigenvalue weighted by molar-refractivity contribution is 0.210. The summed E-state index contributed by atoms with van der Waals surface area (Å²) in [6.07, 6.45) is 1.79. The standard InChI is InChI=1S/C14H20N4/c1-14(2,18(3)4)10-15-13-12-8-6-5-7-11(12)9-16-17-13/h5-9H,10H2,1-4H3,(H,15,17). The summed E-state index contributed by atoms with van der Waals surface area (Å²) in [5, 5.41) is 13.8. The van der Waals surface area contributed by atoms with E-state index in [-0.39, 0.29) is 5.54 Å². The molecular weight excluding hydrogens is 224 g/mol. The molecule has 0 aliphatic heterocycles. The van der Waals surface area contributed by atoms with Crippen molar-refractivity contribution in [1.29, 1.82) is 0 Å². The third-order valence-corrected chi connectivity index (χ3v) is 3.47. The molecule has 0 aliphatic carbocycles. The van der Waals surface area contributed by atoms with E-state index in [0.29, 0.717) is 0 Å². The Morgan fingerprint density at radius 1 is 1.22 bits per heavy atom. The number of likely N-dealkylation sites (N-methyl/N-ethyl adjacent to an activating group) is 1. The third kappa shape index (κ3) is 2.59. The lowest BCUT2D eigenvalue weighted by Crippen LogP contribution is -2.44. The van der Waals surface area contributed by atoms with Crippen LogP contribution in [-0.2, 0) is 0 Å². The average Bonchev–Trinajstić information content (AvgIpc) is 2.36. The van der Waals surface area contributed by atoms with Crippen LogP contribution in [0.15, 0.2) is 30.5 Å². The number of fused-ring (bicyclic) bond motifs is 1. The van der Waals surface area contributed by atoms with E-state index in [1.165, 1.54) is 0 Å². The van der Waals surface area contributed by atoms with Gasteiger partial charge in [-0.15, -0.1) is 5.10 Å². The summed E-state index contributed by atoms with van der Waals surface area (Å²) in [7, 11) is 4.16. The van der Waals surface area contributed by atoms with Gasteiger partial charge in [0.25, 0.3) is 0 Å². The molecule has 0 fully saturated rings. The summed E-state index contributed by atoms with van der Waals surface area (Å²) in [4.78, 5) is 2.19. The van der Waals surface area contributed by atoms with Crippen LogP contribution >= 0.6 is 0 Å². The Kier molecular flexibility index (Phi) is 3.48. The largest absolute Gasteiger partial charge is 0.366 e. The van der Waals surface area contributed by atoms with Crippen molar-refractivity contribution in [2.45, 2.75) is 19.4 Å². The van der Waals surface area contributed by atoms with Crippen molar-refractivity contribution in [3.63, 3.8) is 0 Å². The van der Waals surface area contributed by atoms with Crippen molar-refractivity contribution in [3.8, 4) is 0 Å². The quantitative estimate of drug-likeness (QED) is 0.896. The van der Waals surface area contributed by atoms with E-state index in [1.807, 2.05) is 18.2 Å². The lowest BCUT2D eigenvalue weighted by atomic mass is 10.0. The first kappa shape index (κ1) is 12.8. The molecule has 1 heterocycles. The van der Waals surface area contributed by atoms with Crippen molar-refractivity contribution in [3.05, 3.63) is 30.5 Å². The van der Waals surface area contributed by atoms with Crippen LogP contribution in [0.1, 0.15) is 13.8 Å². The Morgan fingerprint density at radius 2 is 1.94 bits per heavy atom. The van der Waals surface area contributed by atoms with E-state index in [0.717, 1.165) is 23.1 Å². The summed E-state index contributed by atoms with van der Waals surface area (Å²) < 4.78 is 0. The lowest BCUT2D eigenvalue weighted by Gasteiger charge is -2.32. The van der Waals surface area contributed by atoms with Crippen LogP contribution in [0, 0.1) is 0 Å². The van der Waals surface area contributed by atoms with Gasteiger partial charge in [0.2, 0.25) is 0 Å². The highest BCUT2D eigenvalue weighted by Crippen LogP contribution is 2.20. The molecule has 18 heavy (non-hydrogen) atoms. The van der Waals surface area contributed by atoms with Crippen molar-refractivity contribution in [2.75, 3.05) is 26.0 Å². The fourth-order valence-corrected chi connectivity index (χ4v) is 1.62.